The summed E-state index contributed by atoms with van der Waals surface area (Å²) < 4.78 is 14.4. The molecule has 0 bridgehead atoms. The van der Waals surface area contributed by atoms with Gasteiger partial charge in [0.25, 0.3) is 5.56 Å². The second-order valence-corrected chi connectivity index (χ2v) is 8.01. The molecule has 1 aromatic carbocycles. The molecule has 0 aliphatic heterocycles. The highest BCUT2D eigenvalue weighted by molar-refractivity contribution is 5.75. The van der Waals surface area contributed by atoms with Crippen molar-refractivity contribution in [3.05, 3.63) is 76.5 Å². The SMILES string of the molecule is CCC[C@H](Oc1cccn2c(=O)c(-c3cc(C)n(-c4ccccc4)n3)c(C)nc12)C(=O)OCC. The van der Waals surface area contributed by atoms with Gasteiger partial charge in [0.05, 0.1) is 23.6 Å². The van der Waals surface area contributed by atoms with Crippen LogP contribution in [-0.2, 0) is 9.53 Å². The molecule has 4 aromatic rings. The smallest absolute Gasteiger partial charge is 0.347 e. The van der Waals surface area contributed by atoms with E-state index in [1.807, 2.05) is 50.2 Å². The van der Waals surface area contributed by atoms with Gasteiger partial charge in [0.1, 0.15) is 5.69 Å². The second-order valence-electron chi connectivity index (χ2n) is 8.01. The van der Waals surface area contributed by atoms with E-state index in [1.54, 1.807) is 36.9 Å². The largest absolute Gasteiger partial charge is 0.475 e. The predicted molar refractivity (Wildman–Crippen MR) is 129 cm³/mol. The molecule has 176 valence electrons. The third-order valence-corrected chi connectivity index (χ3v) is 5.51. The van der Waals surface area contributed by atoms with E-state index in [0.29, 0.717) is 34.8 Å². The summed E-state index contributed by atoms with van der Waals surface area (Å²) in [6.45, 7) is 7.71. The molecule has 8 heteroatoms. The van der Waals surface area contributed by atoms with Gasteiger partial charge in [-0.15, -0.1) is 0 Å². The van der Waals surface area contributed by atoms with Crippen LogP contribution in [0.1, 0.15) is 38.1 Å². The summed E-state index contributed by atoms with van der Waals surface area (Å²) in [5.74, 6) is -0.0734. The molecule has 0 unspecified atom stereocenters. The van der Waals surface area contributed by atoms with Gasteiger partial charge in [-0.25, -0.2) is 14.5 Å². The molecular formula is C26H28N4O4. The van der Waals surface area contributed by atoms with Crippen molar-refractivity contribution < 1.29 is 14.3 Å². The maximum atomic E-state index is 13.5. The molecule has 0 N–H and O–H groups in total. The molecule has 0 spiro atoms. The predicted octanol–water partition coefficient (Wildman–Crippen LogP) is 4.27. The Kier molecular flexibility index (Phi) is 6.77. The fourth-order valence-electron chi connectivity index (χ4n) is 3.93. The summed E-state index contributed by atoms with van der Waals surface area (Å²) in [6, 6.07) is 15.0. The van der Waals surface area contributed by atoms with Gasteiger partial charge in [0.15, 0.2) is 17.5 Å². The van der Waals surface area contributed by atoms with Crippen LogP contribution < -0.4 is 10.3 Å². The van der Waals surface area contributed by atoms with Crippen LogP contribution in [0.15, 0.2) is 59.5 Å². The van der Waals surface area contributed by atoms with Crippen molar-refractivity contribution in [3.8, 4) is 22.7 Å². The van der Waals surface area contributed by atoms with Crippen LogP contribution in [0, 0.1) is 13.8 Å². The maximum Gasteiger partial charge on any atom is 0.347 e. The molecule has 1 atom stereocenters. The fraction of sp³-hybridized carbons (Fsp3) is 0.308. The molecule has 0 amide bonds. The van der Waals surface area contributed by atoms with Crippen LogP contribution in [0.4, 0.5) is 0 Å². The minimum Gasteiger partial charge on any atom is -0.475 e. The number of aromatic nitrogens is 4. The summed E-state index contributed by atoms with van der Waals surface area (Å²) in [6.07, 6.45) is 2.11. The Morgan fingerprint density at radius 2 is 1.85 bits per heavy atom. The number of ether oxygens (including phenoxy) is 2. The lowest BCUT2D eigenvalue weighted by Crippen LogP contribution is -2.30. The zero-order chi connectivity index (χ0) is 24.2. The number of para-hydroxylation sites is 1. The Balaban J connectivity index is 1.78. The number of carbonyl (C=O) groups excluding carboxylic acids is 1. The first-order valence-electron chi connectivity index (χ1n) is 11.4. The highest BCUT2D eigenvalue weighted by atomic mass is 16.6. The highest BCUT2D eigenvalue weighted by Crippen LogP contribution is 2.25. The van der Waals surface area contributed by atoms with E-state index in [1.165, 1.54) is 4.40 Å². The van der Waals surface area contributed by atoms with Crippen molar-refractivity contribution in [3.63, 3.8) is 0 Å². The topological polar surface area (TPSA) is 87.7 Å². The number of fused-ring (bicyclic) bond motifs is 1. The number of benzene rings is 1. The van der Waals surface area contributed by atoms with Crippen molar-refractivity contribution in [2.75, 3.05) is 6.61 Å². The van der Waals surface area contributed by atoms with Gasteiger partial charge in [-0.2, -0.15) is 5.10 Å². The number of pyridine rings is 1. The summed E-state index contributed by atoms with van der Waals surface area (Å²) >= 11 is 0. The van der Waals surface area contributed by atoms with E-state index in [0.717, 1.165) is 17.8 Å². The van der Waals surface area contributed by atoms with Gasteiger partial charge in [-0.05, 0) is 57.5 Å². The molecule has 0 aliphatic rings. The van der Waals surface area contributed by atoms with Crippen molar-refractivity contribution in [2.24, 2.45) is 0 Å². The summed E-state index contributed by atoms with van der Waals surface area (Å²) in [5, 5.41) is 4.69. The molecule has 3 heterocycles. The number of hydrogen-bond acceptors (Lipinski definition) is 6. The molecular weight excluding hydrogens is 432 g/mol. The lowest BCUT2D eigenvalue weighted by Gasteiger charge is -2.18. The monoisotopic (exact) mass is 460 g/mol. The van der Waals surface area contributed by atoms with Gasteiger partial charge in [-0.3, -0.25) is 9.20 Å². The number of nitrogens with zero attached hydrogens (tertiary/aromatic N) is 4. The van der Waals surface area contributed by atoms with Crippen LogP contribution in [0.5, 0.6) is 5.75 Å². The number of hydrogen-bond donors (Lipinski definition) is 0. The van der Waals surface area contributed by atoms with Crippen LogP contribution in [0.25, 0.3) is 22.6 Å². The van der Waals surface area contributed by atoms with Crippen LogP contribution >= 0.6 is 0 Å². The Morgan fingerprint density at radius 3 is 2.56 bits per heavy atom. The second kappa shape index (κ2) is 9.91. The van der Waals surface area contributed by atoms with Crippen molar-refractivity contribution >= 4 is 11.6 Å². The maximum absolute atomic E-state index is 13.5. The molecule has 0 saturated carbocycles. The van der Waals surface area contributed by atoms with Gasteiger partial charge < -0.3 is 9.47 Å². The zero-order valence-corrected chi connectivity index (χ0v) is 19.8. The Labute approximate surface area is 197 Å². The summed E-state index contributed by atoms with van der Waals surface area (Å²) in [7, 11) is 0. The first-order valence-corrected chi connectivity index (χ1v) is 11.4. The van der Waals surface area contributed by atoms with Gasteiger partial charge in [0, 0.05) is 11.9 Å². The number of aryl methyl sites for hydroxylation is 2. The minimum absolute atomic E-state index is 0.256. The lowest BCUT2D eigenvalue weighted by molar-refractivity contribution is -0.151. The van der Waals surface area contributed by atoms with E-state index < -0.39 is 12.1 Å². The standard InChI is InChI=1S/C26H28N4O4/c1-5-11-22(26(32)33-6-2)34-21-14-10-15-29-24(21)27-18(4)23(25(29)31)20-16-17(3)30(28-20)19-12-8-7-9-13-19/h7-10,12-16,22H,5-6,11H2,1-4H3/t22-/m0/s1. The molecule has 34 heavy (non-hydrogen) atoms. The number of carbonyl (C=O) groups is 1. The van der Waals surface area contributed by atoms with E-state index in [2.05, 4.69) is 10.1 Å². The normalized spacial score (nSPS) is 12.0. The molecule has 3 aromatic heterocycles. The van der Waals surface area contributed by atoms with E-state index in [9.17, 15) is 9.59 Å². The molecule has 0 aliphatic carbocycles. The molecule has 0 fully saturated rings. The minimum atomic E-state index is -0.766. The van der Waals surface area contributed by atoms with Crippen molar-refractivity contribution in [1.29, 1.82) is 0 Å². The number of esters is 1. The van der Waals surface area contributed by atoms with Crippen LogP contribution in [0.3, 0.4) is 0 Å². The third-order valence-electron chi connectivity index (χ3n) is 5.51. The zero-order valence-electron chi connectivity index (χ0n) is 19.8. The summed E-state index contributed by atoms with van der Waals surface area (Å²) in [5.41, 5.74) is 3.40. The van der Waals surface area contributed by atoms with E-state index in [-0.39, 0.29) is 12.2 Å². The van der Waals surface area contributed by atoms with Crippen molar-refractivity contribution in [2.45, 2.75) is 46.6 Å². The quantitative estimate of drug-likeness (QED) is 0.365. The molecule has 0 radical (unpaired) electrons. The Hall–Kier alpha value is -3.94. The van der Waals surface area contributed by atoms with Gasteiger partial charge in [-0.1, -0.05) is 31.5 Å². The number of rotatable bonds is 8. The fourth-order valence-corrected chi connectivity index (χ4v) is 3.93. The molecule has 8 nitrogen and oxygen atoms in total. The van der Waals surface area contributed by atoms with Crippen LogP contribution in [-0.4, -0.2) is 37.8 Å². The van der Waals surface area contributed by atoms with Crippen LogP contribution in [0.2, 0.25) is 0 Å². The average molecular weight is 461 g/mol. The van der Waals surface area contributed by atoms with E-state index >= 15 is 0 Å². The Bertz CT molecular complexity index is 1380. The lowest BCUT2D eigenvalue weighted by atomic mass is 10.1. The average Bonchev–Trinajstić information content (AvgIpc) is 3.21. The molecule has 4 rings (SSSR count). The highest BCUT2D eigenvalue weighted by Gasteiger charge is 2.24. The summed E-state index contributed by atoms with van der Waals surface area (Å²) in [4.78, 5) is 30.6. The first-order chi connectivity index (χ1) is 16.4. The van der Waals surface area contributed by atoms with Gasteiger partial charge in [0.2, 0.25) is 0 Å². The van der Waals surface area contributed by atoms with Crippen molar-refractivity contribution in [1.82, 2.24) is 19.2 Å². The third kappa shape index (κ3) is 4.44. The van der Waals surface area contributed by atoms with E-state index in [4.69, 9.17) is 9.47 Å². The molecule has 0 saturated heterocycles. The first kappa shape index (κ1) is 23.2. The Morgan fingerprint density at radius 1 is 1.09 bits per heavy atom. The van der Waals surface area contributed by atoms with Gasteiger partial charge >= 0.3 is 5.97 Å².